The van der Waals surface area contributed by atoms with Gasteiger partial charge in [-0.25, -0.2) is 4.98 Å². The average Bonchev–Trinajstić information content (AvgIpc) is 3.51. The van der Waals surface area contributed by atoms with Crippen LogP contribution in [-0.4, -0.2) is 51.5 Å². The van der Waals surface area contributed by atoms with Gasteiger partial charge in [0.05, 0.1) is 29.8 Å². The van der Waals surface area contributed by atoms with Crippen molar-refractivity contribution in [3.63, 3.8) is 0 Å². The molecule has 5 heterocycles. The van der Waals surface area contributed by atoms with Crippen LogP contribution < -0.4 is 5.56 Å². The molecule has 0 bridgehead atoms. The predicted molar refractivity (Wildman–Crippen MR) is 119 cm³/mol. The number of nitrogens with zero attached hydrogens (tertiary/aromatic N) is 3. The molecule has 8 heteroatoms. The molecule has 2 aromatic heterocycles. The first-order valence-corrected chi connectivity index (χ1v) is 12.2. The molecule has 0 radical (unpaired) electrons. The highest BCUT2D eigenvalue weighted by Crippen LogP contribution is 2.32. The molecule has 5 rings (SSSR count). The van der Waals surface area contributed by atoms with Crippen molar-refractivity contribution in [3.05, 3.63) is 49.3 Å². The van der Waals surface area contributed by atoms with Crippen molar-refractivity contribution >= 4 is 17.2 Å². The predicted octanol–water partition coefficient (Wildman–Crippen LogP) is 2.93. The molecule has 1 N–H and O–H groups in total. The number of thiophene rings is 1. The normalized spacial score (nSPS) is 24.0. The Kier molecular flexibility index (Phi) is 5.95. The summed E-state index contributed by atoms with van der Waals surface area (Å²) in [7, 11) is 0. The molecule has 0 spiro atoms. The minimum atomic E-state index is -0.126. The minimum absolute atomic E-state index is 0.0438. The fraction of sp³-hybridized carbons (Fsp3) is 0.609. The maximum Gasteiger partial charge on any atom is 0.255 e. The molecule has 0 saturated carbocycles. The number of carbonyl (C=O) groups is 1. The lowest BCUT2D eigenvalue weighted by molar-refractivity contribution is -0.134. The van der Waals surface area contributed by atoms with Crippen LogP contribution in [0.3, 0.4) is 0 Å². The van der Waals surface area contributed by atoms with E-state index < -0.39 is 0 Å². The lowest BCUT2D eigenvalue weighted by atomic mass is 10.1. The fourth-order valence-electron chi connectivity index (χ4n) is 5.03. The summed E-state index contributed by atoms with van der Waals surface area (Å²) in [4.78, 5) is 39.4. The molecule has 166 valence electrons. The quantitative estimate of drug-likeness (QED) is 0.770. The largest absolute Gasteiger partial charge is 0.378 e. The van der Waals surface area contributed by atoms with Crippen molar-refractivity contribution in [2.75, 3.05) is 19.7 Å². The number of aryl methyl sites for hydroxylation is 1. The number of amides is 1. The van der Waals surface area contributed by atoms with Crippen LogP contribution in [0, 0.1) is 6.92 Å². The first-order valence-electron chi connectivity index (χ1n) is 11.4. The standard InChI is InChI=1S/C23H30N4O3S/c1-15-7-11-31-20(15)14-26-9-6-18-17(13-26)23(29)25-22(24-18)19-5-2-8-27(19)21(28)12-16-4-3-10-30-16/h7,11,16,19H,2-6,8-10,12-14H2,1H3,(H,24,25,29)/t16-,19+/m0/s1. The highest BCUT2D eigenvalue weighted by atomic mass is 32.1. The number of carbonyl (C=O) groups excluding carboxylic acids is 1. The van der Waals surface area contributed by atoms with E-state index in [2.05, 4.69) is 28.3 Å². The average molecular weight is 443 g/mol. The molecule has 2 saturated heterocycles. The van der Waals surface area contributed by atoms with E-state index in [9.17, 15) is 9.59 Å². The Hall–Kier alpha value is -2.03. The minimum Gasteiger partial charge on any atom is -0.378 e. The van der Waals surface area contributed by atoms with Gasteiger partial charge in [-0.05, 0) is 49.6 Å². The number of nitrogens with one attached hydrogen (secondary N) is 1. The van der Waals surface area contributed by atoms with Gasteiger partial charge in [-0.2, -0.15) is 0 Å². The molecule has 0 aromatic carbocycles. The second-order valence-electron chi connectivity index (χ2n) is 8.95. The van der Waals surface area contributed by atoms with Crippen LogP contribution in [0.1, 0.15) is 65.7 Å². The van der Waals surface area contributed by atoms with Crippen LogP contribution in [0.15, 0.2) is 16.2 Å². The van der Waals surface area contributed by atoms with E-state index >= 15 is 0 Å². The number of fused-ring (bicyclic) bond motifs is 1. The van der Waals surface area contributed by atoms with E-state index in [4.69, 9.17) is 9.72 Å². The zero-order chi connectivity index (χ0) is 21.4. The second kappa shape index (κ2) is 8.84. The molecule has 0 unspecified atom stereocenters. The smallest absolute Gasteiger partial charge is 0.255 e. The Bertz CT molecular complexity index is 1010. The zero-order valence-corrected chi connectivity index (χ0v) is 18.9. The third kappa shape index (κ3) is 4.33. The summed E-state index contributed by atoms with van der Waals surface area (Å²) < 4.78 is 5.65. The third-order valence-electron chi connectivity index (χ3n) is 6.82. The van der Waals surface area contributed by atoms with Gasteiger partial charge in [0.25, 0.3) is 5.56 Å². The number of hydrogen-bond donors (Lipinski definition) is 1. The van der Waals surface area contributed by atoms with Crippen LogP contribution in [0.5, 0.6) is 0 Å². The van der Waals surface area contributed by atoms with Gasteiger partial charge in [-0.1, -0.05) is 0 Å². The first kappa shape index (κ1) is 20.8. The summed E-state index contributed by atoms with van der Waals surface area (Å²) in [5.41, 5.74) is 2.94. The van der Waals surface area contributed by atoms with E-state index in [0.29, 0.717) is 18.8 Å². The van der Waals surface area contributed by atoms with Gasteiger partial charge in [-0.15, -0.1) is 11.3 Å². The van der Waals surface area contributed by atoms with E-state index in [0.717, 1.165) is 69.6 Å². The number of aromatic nitrogens is 2. The molecule has 31 heavy (non-hydrogen) atoms. The Balaban J connectivity index is 1.31. The van der Waals surface area contributed by atoms with E-state index in [-0.39, 0.29) is 23.6 Å². The molecule has 7 nitrogen and oxygen atoms in total. The maximum atomic E-state index is 13.0. The Morgan fingerprint density at radius 1 is 1.32 bits per heavy atom. The van der Waals surface area contributed by atoms with E-state index in [1.54, 1.807) is 11.3 Å². The van der Waals surface area contributed by atoms with Crippen LogP contribution in [0.2, 0.25) is 0 Å². The number of ether oxygens (including phenoxy) is 1. The van der Waals surface area contributed by atoms with Gasteiger partial charge in [0.1, 0.15) is 5.82 Å². The van der Waals surface area contributed by atoms with E-state index in [1.165, 1.54) is 10.4 Å². The molecule has 3 aliphatic heterocycles. The Labute approximate surface area is 186 Å². The zero-order valence-electron chi connectivity index (χ0n) is 18.1. The van der Waals surface area contributed by atoms with Gasteiger partial charge in [0.15, 0.2) is 0 Å². The Morgan fingerprint density at radius 3 is 3.00 bits per heavy atom. The van der Waals surface area contributed by atoms with Gasteiger partial charge in [0.2, 0.25) is 5.91 Å². The van der Waals surface area contributed by atoms with Crippen molar-refractivity contribution in [2.24, 2.45) is 0 Å². The molecule has 0 aliphatic carbocycles. The molecule has 2 aromatic rings. The van der Waals surface area contributed by atoms with Crippen molar-refractivity contribution in [3.8, 4) is 0 Å². The monoisotopic (exact) mass is 442 g/mol. The van der Waals surface area contributed by atoms with Gasteiger partial charge in [0, 0.05) is 44.1 Å². The third-order valence-corrected chi connectivity index (χ3v) is 7.82. The fourth-order valence-corrected chi connectivity index (χ4v) is 5.98. The molecule has 2 atom stereocenters. The number of hydrogen-bond acceptors (Lipinski definition) is 6. The second-order valence-corrected chi connectivity index (χ2v) is 9.95. The number of aromatic amines is 1. The highest BCUT2D eigenvalue weighted by molar-refractivity contribution is 7.10. The van der Waals surface area contributed by atoms with Crippen molar-refractivity contribution in [2.45, 2.75) is 70.7 Å². The van der Waals surface area contributed by atoms with Crippen LogP contribution in [0.25, 0.3) is 0 Å². The number of H-pyrrole nitrogens is 1. The van der Waals surface area contributed by atoms with Crippen LogP contribution in [0.4, 0.5) is 0 Å². The molecule has 3 aliphatic rings. The maximum absolute atomic E-state index is 13.0. The Morgan fingerprint density at radius 2 is 2.23 bits per heavy atom. The molecular weight excluding hydrogens is 412 g/mol. The molecular formula is C23H30N4O3S. The summed E-state index contributed by atoms with van der Waals surface area (Å²) in [6, 6.07) is 2.02. The van der Waals surface area contributed by atoms with Gasteiger partial charge in [-0.3, -0.25) is 14.5 Å². The number of rotatable bonds is 5. The lowest BCUT2D eigenvalue weighted by Gasteiger charge is -2.29. The SMILES string of the molecule is Cc1ccsc1CN1CCc2nc([C@H]3CCCN3C(=O)C[C@@H]3CCCO3)[nH]c(=O)c2C1. The van der Waals surface area contributed by atoms with Gasteiger partial charge < -0.3 is 14.6 Å². The van der Waals surface area contributed by atoms with Crippen LogP contribution >= 0.6 is 11.3 Å². The van der Waals surface area contributed by atoms with Crippen LogP contribution in [-0.2, 0) is 29.0 Å². The first-order chi connectivity index (χ1) is 15.1. The molecule has 2 fully saturated rings. The summed E-state index contributed by atoms with van der Waals surface area (Å²) in [5.74, 6) is 0.775. The van der Waals surface area contributed by atoms with Crippen molar-refractivity contribution < 1.29 is 9.53 Å². The van der Waals surface area contributed by atoms with E-state index in [1.807, 2.05) is 4.90 Å². The van der Waals surface area contributed by atoms with Crippen molar-refractivity contribution in [1.82, 2.24) is 19.8 Å². The topological polar surface area (TPSA) is 78.5 Å². The summed E-state index contributed by atoms with van der Waals surface area (Å²) in [5, 5.41) is 2.12. The molecule has 1 amide bonds. The van der Waals surface area contributed by atoms with Crippen molar-refractivity contribution in [1.29, 1.82) is 0 Å². The lowest BCUT2D eigenvalue weighted by Crippen LogP contribution is -2.38. The van der Waals surface area contributed by atoms with Gasteiger partial charge >= 0.3 is 0 Å². The summed E-state index contributed by atoms with van der Waals surface area (Å²) in [6.45, 7) is 6.01. The highest BCUT2D eigenvalue weighted by Gasteiger charge is 2.34. The summed E-state index contributed by atoms with van der Waals surface area (Å²) in [6.07, 6.45) is 5.03. The summed E-state index contributed by atoms with van der Waals surface area (Å²) >= 11 is 1.77. The number of likely N-dealkylation sites (tertiary alicyclic amines) is 1.